The van der Waals surface area contributed by atoms with Crippen LogP contribution in [0.2, 0.25) is 10.0 Å². The van der Waals surface area contributed by atoms with Crippen molar-refractivity contribution in [1.82, 2.24) is 14.8 Å². The molecule has 0 fully saturated rings. The molecule has 0 bridgehead atoms. The molecule has 38 heavy (non-hydrogen) atoms. The summed E-state index contributed by atoms with van der Waals surface area (Å²) < 4.78 is 13.4. The summed E-state index contributed by atoms with van der Waals surface area (Å²) in [7, 11) is 1.57. The largest absolute Gasteiger partial charge is 0.493 e. The third kappa shape index (κ3) is 5.18. The lowest BCUT2D eigenvalue weighted by Crippen LogP contribution is -2.31. The van der Waals surface area contributed by atoms with E-state index in [1.54, 1.807) is 23.9 Å². The quantitative estimate of drug-likeness (QED) is 0.277. The third-order valence-corrected chi connectivity index (χ3v) is 6.97. The van der Waals surface area contributed by atoms with Crippen LogP contribution in [0.5, 0.6) is 11.5 Å². The zero-order valence-electron chi connectivity index (χ0n) is 21.0. The molecular weight excluding hydrogens is 525 g/mol. The molecule has 2 heterocycles. The maximum Gasteiger partial charge on any atom is 0.255 e. The Hall–Kier alpha value is -4.01. The van der Waals surface area contributed by atoms with Gasteiger partial charge in [-0.3, -0.25) is 4.79 Å². The second kappa shape index (κ2) is 10.8. The van der Waals surface area contributed by atoms with E-state index in [2.05, 4.69) is 20.7 Å². The molecule has 1 unspecified atom stereocenters. The monoisotopic (exact) mass is 549 g/mol. The minimum atomic E-state index is -0.544. The van der Waals surface area contributed by atoms with Gasteiger partial charge in [0.25, 0.3) is 5.91 Å². The van der Waals surface area contributed by atoms with Crippen molar-refractivity contribution in [3.8, 4) is 11.5 Å². The maximum absolute atomic E-state index is 13.6. The van der Waals surface area contributed by atoms with Crippen LogP contribution >= 0.6 is 23.2 Å². The smallest absolute Gasteiger partial charge is 0.255 e. The van der Waals surface area contributed by atoms with Gasteiger partial charge in [-0.15, -0.1) is 0 Å². The molecule has 1 aromatic heterocycles. The average Bonchev–Trinajstić information content (AvgIpc) is 3.37. The first kappa shape index (κ1) is 25.6. The number of hydrogen-bond donors (Lipinski definition) is 2. The van der Waals surface area contributed by atoms with Crippen molar-refractivity contribution in [1.29, 1.82) is 0 Å². The molecule has 4 aromatic rings. The van der Waals surface area contributed by atoms with Crippen LogP contribution in [-0.4, -0.2) is 27.8 Å². The number of nitrogens with one attached hydrogen (secondary N) is 2. The summed E-state index contributed by atoms with van der Waals surface area (Å²) in [6, 6.07) is 18.0. The summed E-state index contributed by atoms with van der Waals surface area (Å²) in [5.74, 6) is 1.35. The lowest BCUT2D eigenvalue weighted by molar-refractivity contribution is -0.113. The molecule has 1 aliphatic heterocycles. The highest BCUT2D eigenvalue weighted by Gasteiger charge is 2.34. The van der Waals surface area contributed by atoms with Gasteiger partial charge in [0.05, 0.1) is 22.7 Å². The van der Waals surface area contributed by atoms with E-state index in [0.717, 1.165) is 16.7 Å². The van der Waals surface area contributed by atoms with Gasteiger partial charge in [-0.2, -0.15) is 10.1 Å². The molecule has 1 aliphatic rings. The number of amides is 1. The van der Waals surface area contributed by atoms with Crippen LogP contribution in [0.3, 0.4) is 0 Å². The molecule has 10 heteroatoms. The Labute approximate surface area is 230 Å². The van der Waals surface area contributed by atoms with E-state index in [0.29, 0.717) is 44.5 Å². The molecule has 0 aliphatic carbocycles. The lowest BCUT2D eigenvalue weighted by Gasteiger charge is -2.29. The summed E-state index contributed by atoms with van der Waals surface area (Å²) >= 11 is 12.2. The Bertz CT molecular complexity index is 1530. The fourth-order valence-corrected chi connectivity index (χ4v) is 4.61. The number of aryl methyl sites for hydroxylation is 1. The molecule has 0 saturated carbocycles. The molecule has 1 atom stereocenters. The van der Waals surface area contributed by atoms with Crippen molar-refractivity contribution in [2.24, 2.45) is 0 Å². The number of aromatic nitrogens is 3. The number of halogens is 2. The van der Waals surface area contributed by atoms with Crippen LogP contribution in [0.4, 0.5) is 11.6 Å². The SMILES string of the molecule is COc1cc(C2C(C(=O)Nc3ccc(C)cc3)=C(C)Nc3ncnn32)ccc1OCc1ccc(Cl)c(Cl)c1. The van der Waals surface area contributed by atoms with Crippen molar-refractivity contribution in [3.05, 3.63) is 105 Å². The standard InChI is InChI=1S/C28H25Cl2N5O3/c1-16-4-8-20(9-5-16)34-27(36)25-17(2)33-28-31-15-32-35(28)26(25)19-7-11-23(24(13-19)37-3)38-14-18-6-10-21(29)22(30)12-18/h4-13,15,26H,14H2,1-3H3,(H,34,36)(H,31,32,33). The number of ether oxygens (including phenoxy) is 2. The number of carbonyl (C=O) groups is 1. The molecule has 0 radical (unpaired) electrons. The van der Waals surface area contributed by atoms with Crippen LogP contribution in [-0.2, 0) is 11.4 Å². The van der Waals surface area contributed by atoms with Crippen molar-refractivity contribution in [2.45, 2.75) is 26.5 Å². The van der Waals surface area contributed by atoms with Gasteiger partial charge in [0.1, 0.15) is 19.0 Å². The molecule has 194 valence electrons. The molecule has 1 amide bonds. The molecule has 5 rings (SSSR count). The van der Waals surface area contributed by atoms with Crippen molar-refractivity contribution in [2.75, 3.05) is 17.7 Å². The number of anilines is 2. The first-order valence-corrected chi connectivity index (χ1v) is 12.6. The second-order valence-corrected chi connectivity index (χ2v) is 9.68. The van der Waals surface area contributed by atoms with Crippen molar-refractivity contribution >= 4 is 40.7 Å². The Kier molecular flexibility index (Phi) is 7.26. The minimum absolute atomic E-state index is 0.246. The summed E-state index contributed by atoms with van der Waals surface area (Å²) in [5, 5.41) is 11.5. The van der Waals surface area contributed by atoms with Crippen LogP contribution in [0, 0.1) is 6.92 Å². The zero-order chi connectivity index (χ0) is 26.8. The van der Waals surface area contributed by atoms with Gasteiger partial charge in [-0.05, 0) is 61.4 Å². The number of methoxy groups -OCH3 is 1. The van der Waals surface area contributed by atoms with Crippen LogP contribution in [0.15, 0.2) is 78.3 Å². The molecule has 0 spiro atoms. The Morgan fingerprint density at radius 2 is 1.82 bits per heavy atom. The van der Waals surface area contributed by atoms with E-state index in [4.69, 9.17) is 32.7 Å². The van der Waals surface area contributed by atoms with E-state index in [1.807, 2.05) is 62.4 Å². The predicted molar refractivity (Wildman–Crippen MR) is 148 cm³/mol. The third-order valence-electron chi connectivity index (χ3n) is 6.23. The highest BCUT2D eigenvalue weighted by molar-refractivity contribution is 6.42. The highest BCUT2D eigenvalue weighted by atomic mass is 35.5. The Morgan fingerprint density at radius 1 is 1.03 bits per heavy atom. The van der Waals surface area contributed by atoms with Gasteiger partial charge in [0.2, 0.25) is 5.95 Å². The van der Waals surface area contributed by atoms with Gasteiger partial charge < -0.3 is 20.1 Å². The lowest BCUT2D eigenvalue weighted by atomic mass is 9.94. The van der Waals surface area contributed by atoms with Gasteiger partial charge in [0.15, 0.2) is 11.5 Å². The normalized spacial score (nSPS) is 14.5. The molecule has 3 aromatic carbocycles. The zero-order valence-corrected chi connectivity index (χ0v) is 22.5. The van der Waals surface area contributed by atoms with Gasteiger partial charge >= 0.3 is 0 Å². The van der Waals surface area contributed by atoms with Crippen molar-refractivity contribution < 1.29 is 14.3 Å². The van der Waals surface area contributed by atoms with E-state index >= 15 is 0 Å². The molecular formula is C28H25Cl2N5O3. The number of benzene rings is 3. The first-order valence-electron chi connectivity index (χ1n) is 11.8. The first-order chi connectivity index (χ1) is 18.3. The highest BCUT2D eigenvalue weighted by Crippen LogP contribution is 2.39. The number of carbonyl (C=O) groups excluding carboxylic acids is 1. The molecule has 8 nitrogen and oxygen atoms in total. The van der Waals surface area contributed by atoms with E-state index < -0.39 is 6.04 Å². The number of hydrogen-bond acceptors (Lipinski definition) is 6. The summed E-state index contributed by atoms with van der Waals surface area (Å²) in [6.45, 7) is 4.12. The van der Waals surface area contributed by atoms with E-state index in [-0.39, 0.29) is 12.5 Å². The molecule has 2 N–H and O–H groups in total. The molecule has 0 saturated heterocycles. The summed E-state index contributed by atoms with van der Waals surface area (Å²) in [5.41, 5.74) is 4.65. The second-order valence-electron chi connectivity index (χ2n) is 8.86. The predicted octanol–water partition coefficient (Wildman–Crippen LogP) is 6.41. The number of fused-ring (bicyclic) bond motifs is 1. The maximum atomic E-state index is 13.6. The summed E-state index contributed by atoms with van der Waals surface area (Å²) in [4.78, 5) is 17.9. The van der Waals surface area contributed by atoms with E-state index in [1.165, 1.54) is 6.33 Å². The number of rotatable bonds is 7. The Morgan fingerprint density at radius 3 is 2.55 bits per heavy atom. The fourth-order valence-electron chi connectivity index (χ4n) is 4.29. The Balaban J connectivity index is 1.46. The van der Waals surface area contributed by atoms with E-state index in [9.17, 15) is 4.79 Å². The topological polar surface area (TPSA) is 90.3 Å². The average molecular weight is 550 g/mol. The van der Waals surface area contributed by atoms with Crippen LogP contribution in [0.1, 0.15) is 29.7 Å². The van der Waals surface area contributed by atoms with Crippen LogP contribution < -0.4 is 20.1 Å². The number of allylic oxidation sites excluding steroid dienone is 1. The van der Waals surface area contributed by atoms with Crippen LogP contribution in [0.25, 0.3) is 0 Å². The minimum Gasteiger partial charge on any atom is -0.493 e. The van der Waals surface area contributed by atoms with Crippen molar-refractivity contribution in [3.63, 3.8) is 0 Å². The van der Waals surface area contributed by atoms with Gasteiger partial charge in [-0.1, -0.05) is 53.0 Å². The number of nitrogens with zero attached hydrogens (tertiary/aromatic N) is 3. The van der Waals surface area contributed by atoms with Gasteiger partial charge in [0, 0.05) is 11.4 Å². The fraction of sp³-hybridized carbons (Fsp3) is 0.179. The van der Waals surface area contributed by atoms with Gasteiger partial charge in [-0.25, -0.2) is 4.68 Å². The summed E-state index contributed by atoms with van der Waals surface area (Å²) in [6.07, 6.45) is 1.45.